The molecular weight excluding hydrogens is 1500 g/mol. The Bertz CT molecular complexity index is 4740. The number of nitrogens with one attached hydrogen (secondary N) is 2. The number of alkyl halides is 1. The molecule has 1 amide bonds. The Kier molecular flexibility index (Phi) is 32.8. The number of benzene rings is 4. The number of nitrogens with two attached hydrogens (primary N) is 3. The van der Waals surface area contributed by atoms with Crippen LogP contribution in [0.3, 0.4) is 0 Å². The quantitative estimate of drug-likeness (QED) is 0.00884. The molecule has 12 aromatic rings. The molecule has 1 atom stereocenters. The zero-order valence-corrected chi connectivity index (χ0v) is 61.1. The number of aromatic nitrogens is 11. The Balaban J connectivity index is 0.000000205. The van der Waals surface area contributed by atoms with Gasteiger partial charge in [0.25, 0.3) is 5.91 Å². The van der Waals surface area contributed by atoms with Crippen LogP contribution in [0, 0.1) is 23.3 Å². The number of thiazole rings is 4. The van der Waals surface area contributed by atoms with E-state index in [1.54, 1.807) is 102 Å². The van der Waals surface area contributed by atoms with E-state index in [-0.39, 0.29) is 90.2 Å². The second-order valence-corrected chi connectivity index (χ2v) is 24.8. The van der Waals surface area contributed by atoms with Crippen LogP contribution in [0.4, 0.5) is 29.5 Å². The van der Waals surface area contributed by atoms with E-state index in [1.165, 1.54) is 125 Å². The molecule has 0 saturated heterocycles. The van der Waals surface area contributed by atoms with Crippen LogP contribution in [-0.4, -0.2) is 130 Å². The van der Waals surface area contributed by atoms with Gasteiger partial charge in [-0.25, -0.2) is 76.8 Å². The molecule has 0 aliphatic heterocycles. The summed E-state index contributed by atoms with van der Waals surface area (Å²) in [6.45, 7) is 9.75. The second kappa shape index (κ2) is 41.4. The SMILES string of the molecule is CC(C)NC(=O)c1csc(-c2[nH]c(N)nc2-c2ccc(F)cc2)n1.CCOC(=O)c1csc(-c2c(-c3ccc(F)cc3)nc3ncccn23)n1.CCOC(=O)c1csc(C(Br)C(=O)c2ccc(F)cc2)n1.CCOC(=O)c1csc(CC(=O)c2ccc(F)cc2)n1.CN.Nc1ncccn1.[B]=NS. The van der Waals surface area contributed by atoms with E-state index in [4.69, 9.17) is 25.7 Å². The number of nitrogens with zero attached hydrogens (tertiary/aromatic N) is 11. The van der Waals surface area contributed by atoms with E-state index in [0.717, 1.165) is 5.56 Å². The normalized spacial score (nSPS) is 10.5. The molecule has 4 aromatic carbocycles. The molecule has 8 N–H and O–H groups in total. The van der Waals surface area contributed by atoms with Crippen LogP contribution in [0.2, 0.25) is 0 Å². The molecule has 1 unspecified atom stereocenters. The van der Waals surface area contributed by atoms with Gasteiger partial charge < -0.3 is 41.7 Å². The molecule has 0 saturated carbocycles. The number of H-pyrrole nitrogens is 1. The molecule has 0 aliphatic rings. The fraction of sp³-hybridized carbons (Fsp3) is 0.179. The third kappa shape index (κ3) is 24.4. The Hall–Kier alpha value is -10.5. The fourth-order valence-corrected chi connectivity index (χ4v) is 12.1. The summed E-state index contributed by atoms with van der Waals surface area (Å²) in [7, 11) is 5.84. The van der Waals surface area contributed by atoms with E-state index in [0.29, 0.717) is 76.9 Å². The summed E-state index contributed by atoms with van der Waals surface area (Å²) in [5, 5.41) is 11.4. The average Bonchev–Trinajstić information content (AvgIpc) is 1.62. The number of thiol groups is 1. The van der Waals surface area contributed by atoms with Gasteiger partial charge in [0.05, 0.1) is 26.2 Å². The Morgan fingerprint density at radius 1 is 0.602 bits per heavy atom. The van der Waals surface area contributed by atoms with E-state index in [2.05, 4.69) is 102 Å². The number of rotatable bonds is 18. The van der Waals surface area contributed by atoms with Crippen molar-refractivity contribution >= 4 is 135 Å². The number of nitrogen functional groups attached to an aromatic ring is 2. The molecule has 25 nitrogen and oxygen atoms in total. The minimum absolute atomic E-state index is 0.0280. The molecule has 0 bridgehead atoms. The van der Waals surface area contributed by atoms with Crippen molar-refractivity contribution in [1.82, 2.24) is 59.6 Å². The number of hydrogen-bond donors (Lipinski definition) is 6. The molecule has 36 heteroatoms. The maximum absolute atomic E-state index is 13.3. The van der Waals surface area contributed by atoms with Gasteiger partial charge in [0.1, 0.15) is 76.6 Å². The number of hydrogen-bond acceptors (Lipinski definition) is 27. The first-order valence-electron chi connectivity index (χ1n) is 30.3. The van der Waals surface area contributed by atoms with Crippen molar-refractivity contribution in [1.29, 1.82) is 0 Å². The molecule has 0 aliphatic carbocycles. The van der Waals surface area contributed by atoms with E-state index < -0.39 is 28.6 Å². The summed E-state index contributed by atoms with van der Waals surface area (Å²) in [5.74, 6) is -2.54. The van der Waals surface area contributed by atoms with Crippen molar-refractivity contribution in [2.75, 3.05) is 38.3 Å². The van der Waals surface area contributed by atoms with Crippen molar-refractivity contribution in [3.8, 4) is 43.9 Å². The van der Waals surface area contributed by atoms with Gasteiger partial charge in [0, 0.05) is 74.6 Å². The number of aromatic amines is 1. The summed E-state index contributed by atoms with van der Waals surface area (Å²) >= 11 is 11.5. The van der Waals surface area contributed by atoms with Gasteiger partial charge in [0.2, 0.25) is 11.7 Å². The van der Waals surface area contributed by atoms with Crippen LogP contribution < -0.4 is 22.5 Å². The number of carbonyl (C=O) groups is 6. The first kappa shape index (κ1) is 81.5. The molecule has 1 radical (unpaired) electrons. The first-order chi connectivity index (χ1) is 49.5. The van der Waals surface area contributed by atoms with Crippen LogP contribution in [0.25, 0.3) is 49.7 Å². The zero-order valence-electron chi connectivity index (χ0n) is 55.4. The summed E-state index contributed by atoms with van der Waals surface area (Å²) in [5.41, 5.74) is 21.1. The van der Waals surface area contributed by atoms with Crippen LogP contribution in [-0.2, 0) is 20.6 Å². The van der Waals surface area contributed by atoms with E-state index in [9.17, 15) is 46.3 Å². The van der Waals surface area contributed by atoms with Gasteiger partial charge in [-0.15, -0.1) is 45.3 Å². The monoisotopic (exact) mass is 1560 g/mol. The number of imidazole rings is 2. The average molecular weight is 1560 g/mol. The molecule has 103 heavy (non-hydrogen) atoms. The molecule has 8 aromatic heterocycles. The van der Waals surface area contributed by atoms with Gasteiger partial charge in [-0.05, 0) is 151 Å². The number of fused-ring (bicyclic) bond motifs is 1. The third-order valence-corrected chi connectivity index (χ3v) is 17.2. The second-order valence-electron chi connectivity index (χ2n) is 20.1. The number of anilines is 2. The molecule has 12 rings (SSSR count). The van der Waals surface area contributed by atoms with Gasteiger partial charge in [-0.3, -0.25) is 18.8 Å². The number of amides is 1. The number of ketones is 2. The maximum atomic E-state index is 13.3. The van der Waals surface area contributed by atoms with Crippen molar-refractivity contribution in [3.05, 3.63) is 223 Å². The number of halogens is 5. The van der Waals surface area contributed by atoms with Crippen LogP contribution in [0.15, 0.2) is 160 Å². The van der Waals surface area contributed by atoms with Crippen LogP contribution >= 0.6 is 74.1 Å². The molecule has 0 spiro atoms. The molecular formula is C67H63BBrF4N16O9S5. The van der Waals surface area contributed by atoms with Crippen molar-refractivity contribution in [3.63, 3.8) is 0 Å². The number of ether oxygens (including phenoxy) is 3. The van der Waals surface area contributed by atoms with Gasteiger partial charge in [-0.1, -0.05) is 15.9 Å². The van der Waals surface area contributed by atoms with Crippen LogP contribution in [0.1, 0.15) is 112 Å². The minimum atomic E-state index is -0.684. The topological polar surface area (TPSA) is 369 Å². The summed E-state index contributed by atoms with van der Waals surface area (Å²) in [6, 6.07) is 26.1. The number of Topliss-reactive ketones (excluding diaryl/α,β-unsaturated/α-hetero) is 2. The predicted octanol–water partition coefficient (Wildman–Crippen LogP) is 13.4. The number of esters is 3. The molecule has 533 valence electrons. The fourth-order valence-electron chi connectivity index (χ4n) is 8.23. The summed E-state index contributed by atoms with van der Waals surface area (Å²) < 4.78 is 71.2. The van der Waals surface area contributed by atoms with E-state index in [1.807, 2.05) is 20.0 Å². The van der Waals surface area contributed by atoms with Gasteiger partial charge in [-0.2, -0.15) is 0 Å². The molecule has 0 fully saturated rings. The summed E-state index contributed by atoms with van der Waals surface area (Å²) in [6.07, 6.45) is 6.75. The molecule has 8 heterocycles. The predicted molar refractivity (Wildman–Crippen MR) is 394 cm³/mol. The van der Waals surface area contributed by atoms with Crippen molar-refractivity contribution in [2.45, 2.75) is 51.9 Å². The Labute approximate surface area is 617 Å². The third-order valence-electron chi connectivity index (χ3n) is 12.6. The first-order valence-corrected chi connectivity index (χ1v) is 35.1. The van der Waals surface area contributed by atoms with E-state index >= 15 is 0 Å². The van der Waals surface area contributed by atoms with Gasteiger partial charge >= 0.3 is 42.7 Å². The van der Waals surface area contributed by atoms with Crippen LogP contribution in [0.5, 0.6) is 0 Å². The van der Waals surface area contributed by atoms with Gasteiger partial charge in [0.15, 0.2) is 34.6 Å². The summed E-state index contributed by atoms with van der Waals surface area (Å²) in [4.78, 5) is 111. The Morgan fingerprint density at radius 2 is 1.06 bits per heavy atom. The Morgan fingerprint density at radius 3 is 1.58 bits per heavy atom. The standard InChI is InChI=1S/C18H13FN4O2S.C16H16FN5OS.C14H11BrFNO3S.C14H12FNO3S.C4H5N3.CH5N.BHNS/c1-2-25-17(24)13-10-26-16(21-13)15-14(11-4-6-12(19)7-5-11)22-18-20-8-3-9-23(15)18;1-8(2)19-14(23)11-7-24-15(20-11)13-12(21-16(18)22-13)9-3-5-10(17)6-4-9;1-2-20-14(19)10-7-21-13(17-10)11(15)12(18)8-3-5-9(16)6-4-8;1-2-19-14(18)11-8-20-13(16-11)7-12(17)9-3-5-10(15)6-4-9;5-4-6-2-1-3-7-4;1-2;1-2-3/h3-10H,2H2,1H3;3-8H,1-2H3,(H,19,23)(H3,18,21,22);3-7,11H,2H2,1H3;3-6,8H,2,7H2,1H3;1-3H,(H2,5,6,7);2H2,1H3;3H. The zero-order chi connectivity index (χ0) is 75.1. The van der Waals surface area contributed by atoms with Crippen molar-refractivity contribution < 1.29 is 60.5 Å². The number of carbonyl (C=O) groups excluding carboxylic acids is 6. The van der Waals surface area contributed by atoms with Crippen molar-refractivity contribution in [2.24, 2.45) is 10.0 Å².